The van der Waals surface area contributed by atoms with Crippen LogP contribution in [0.5, 0.6) is 0 Å². The third-order valence-corrected chi connectivity index (χ3v) is 4.05. The highest BCUT2D eigenvalue weighted by Crippen LogP contribution is 2.11. The Morgan fingerprint density at radius 3 is 2.65 bits per heavy atom. The lowest BCUT2D eigenvalue weighted by Gasteiger charge is -2.18. The van der Waals surface area contributed by atoms with Crippen molar-refractivity contribution in [3.05, 3.63) is 72.2 Å². The molecule has 2 heterocycles. The molecule has 5 nitrogen and oxygen atoms in total. The van der Waals surface area contributed by atoms with E-state index in [9.17, 15) is 0 Å². The molecule has 0 bridgehead atoms. The van der Waals surface area contributed by atoms with E-state index < -0.39 is 0 Å². The third kappa shape index (κ3) is 5.45. The van der Waals surface area contributed by atoms with Gasteiger partial charge in [0.25, 0.3) is 0 Å². The minimum absolute atomic E-state index is 0. The Hall–Kier alpha value is -2.09. The third-order valence-electron chi connectivity index (χ3n) is 4.05. The predicted molar refractivity (Wildman–Crippen MR) is 118 cm³/mol. The van der Waals surface area contributed by atoms with Crippen LogP contribution in [0.1, 0.15) is 31.1 Å². The molecular weight excluding hydrogens is 437 g/mol. The van der Waals surface area contributed by atoms with Crippen molar-refractivity contribution in [3.8, 4) is 0 Å². The fraction of sp³-hybridized carbons (Fsp3) is 0.300. The Morgan fingerprint density at radius 2 is 1.92 bits per heavy atom. The van der Waals surface area contributed by atoms with Crippen LogP contribution in [-0.4, -0.2) is 28.4 Å². The van der Waals surface area contributed by atoms with E-state index in [-0.39, 0.29) is 30.0 Å². The van der Waals surface area contributed by atoms with Crippen molar-refractivity contribution in [3.63, 3.8) is 0 Å². The first kappa shape index (κ1) is 20.2. The van der Waals surface area contributed by atoms with Gasteiger partial charge in [-0.15, -0.1) is 24.0 Å². The van der Waals surface area contributed by atoms with Gasteiger partial charge in [-0.25, -0.2) is 4.98 Å². The lowest BCUT2D eigenvalue weighted by atomic mass is 10.1. The van der Waals surface area contributed by atoms with E-state index in [1.165, 1.54) is 5.56 Å². The minimum atomic E-state index is 0. The van der Waals surface area contributed by atoms with E-state index in [1.54, 1.807) is 0 Å². The first-order chi connectivity index (χ1) is 12.3. The largest absolute Gasteiger partial charge is 0.357 e. The molecule has 138 valence electrons. The SMILES string of the molecule is CCNC(=NCCc1cn2ccccc2n1)NC(C)c1ccccc1.I. The maximum absolute atomic E-state index is 4.69. The summed E-state index contributed by atoms with van der Waals surface area (Å²) in [6.45, 7) is 5.75. The van der Waals surface area contributed by atoms with Crippen molar-refractivity contribution in [1.82, 2.24) is 20.0 Å². The van der Waals surface area contributed by atoms with Crippen LogP contribution in [0.2, 0.25) is 0 Å². The van der Waals surface area contributed by atoms with E-state index in [0.717, 1.165) is 30.3 Å². The molecule has 0 fully saturated rings. The van der Waals surface area contributed by atoms with E-state index >= 15 is 0 Å². The summed E-state index contributed by atoms with van der Waals surface area (Å²) in [6.07, 6.45) is 4.90. The van der Waals surface area contributed by atoms with Gasteiger partial charge < -0.3 is 15.0 Å². The molecule has 0 radical (unpaired) electrons. The van der Waals surface area contributed by atoms with Crippen LogP contribution in [0.15, 0.2) is 65.9 Å². The number of nitrogens with zero attached hydrogens (tertiary/aromatic N) is 3. The first-order valence-electron chi connectivity index (χ1n) is 8.78. The molecule has 0 amide bonds. The van der Waals surface area contributed by atoms with Crippen LogP contribution in [-0.2, 0) is 6.42 Å². The van der Waals surface area contributed by atoms with Gasteiger partial charge in [-0.2, -0.15) is 0 Å². The fourth-order valence-electron chi connectivity index (χ4n) is 2.74. The average Bonchev–Trinajstić information content (AvgIpc) is 3.05. The molecule has 0 saturated heterocycles. The highest BCUT2D eigenvalue weighted by molar-refractivity contribution is 14.0. The number of fused-ring (bicyclic) bond motifs is 1. The number of halogens is 1. The normalized spacial score (nSPS) is 12.5. The van der Waals surface area contributed by atoms with Crippen LogP contribution >= 0.6 is 24.0 Å². The summed E-state index contributed by atoms with van der Waals surface area (Å²) in [4.78, 5) is 9.31. The summed E-state index contributed by atoms with van der Waals surface area (Å²) in [5, 5.41) is 6.77. The molecule has 0 aliphatic carbocycles. The van der Waals surface area contributed by atoms with Crippen LogP contribution in [0.3, 0.4) is 0 Å². The number of pyridine rings is 1. The first-order valence-corrected chi connectivity index (χ1v) is 8.78. The Balaban J connectivity index is 0.00000243. The van der Waals surface area contributed by atoms with Crippen molar-refractivity contribution < 1.29 is 0 Å². The van der Waals surface area contributed by atoms with Crippen LogP contribution in [0, 0.1) is 0 Å². The molecule has 2 N–H and O–H groups in total. The zero-order valence-electron chi connectivity index (χ0n) is 15.2. The highest BCUT2D eigenvalue weighted by atomic mass is 127. The van der Waals surface area contributed by atoms with Crippen molar-refractivity contribution in [2.75, 3.05) is 13.1 Å². The summed E-state index contributed by atoms with van der Waals surface area (Å²) in [7, 11) is 0. The second-order valence-corrected chi connectivity index (χ2v) is 5.99. The lowest BCUT2D eigenvalue weighted by Crippen LogP contribution is -2.38. The van der Waals surface area contributed by atoms with Crippen molar-refractivity contribution in [2.45, 2.75) is 26.3 Å². The monoisotopic (exact) mass is 463 g/mol. The fourth-order valence-corrected chi connectivity index (χ4v) is 2.74. The Morgan fingerprint density at radius 1 is 1.15 bits per heavy atom. The minimum Gasteiger partial charge on any atom is -0.357 e. The quantitative estimate of drug-likeness (QED) is 0.332. The van der Waals surface area contributed by atoms with E-state index in [2.05, 4.69) is 64.9 Å². The number of nitrogens with one attached hydrogen (secondary N) is 2. The molecule has 3 aromatic rings. The number of hydrogen-bond donors (Lipinski definition) is 2. The molecule has 1 aromatic carbocycles. The smallest absolute Gasteiger partial charge is 0.191 e. The predicted octanol–water partition coefficient (Wildman–Crippen LogP) is 3.81. The molecule has 3 rings (SSSR count). The summed E-state index contributed by atoms with van der Waals surface area (Å²) >= 11 is 0. The Labute approximate surface area is 172 Å². The van der Waals surface area contributed by atoms with Crippen molar-refractivity contribution in [1.29, 1.82) is 0 Å². The van der Waals surface area contributed by atoms with Crippen LogP contribution < -0.4 is 10.6 Å². The molecule has 0 saturated carbocycles. The second kappa shape index (κ2) is 10.2. The number of aliphatic imine (C=N–C) groups is 1. The van der Waals surface area contributed by atoms with Crippen LogP contribution in [0.25, 0.3) is 5.65 Å². The number of aromatic nitrogens is 2. The van der Waals surface area contributed by atoms with Gasteiger partial charge >= 0.3 is 0 Å². The maximum Gasteiger partial charge on any atom is 0.191 e. The number of rotatable bonds is 6. The lowest BCUT2D eigenvalue weighted by molar-refractivity contribution is 0.686. The molecule has 1 atom stereocenters. The second-order valence-electron chi connectivity index (χ2n) is 5.99. The molecule has 0 aliphatic heterocycles. The van der Waals surface area contributed by atoms with E-state index in [1.807, 2.05) is 34.9 Å². The summed E-state index contributed by atoms with van der Waals surface area (Å²) < 4.78 is 2.04. The van der Waals surface area contributed by atoms with Gasteiger partial charge in [-0.1, -0.05) is 36.4 Å². The number of benzene rings is 1. The van der Waals surface area contributed by atoms with Gasteiger partial charge in [-0.3, -0.25) is 4.99 Å². The van der Waals surface area contributed by atoms with Gasteiger partial charge in [-0.05, 0) is 31.5 Å². The number of imidazole rings is 1. The Kier molecular flexibility index (Phi) is 7.90. The molecule has 1 unspecified atom stereocenters. The summed E-state index contributed by atoms with van der Waals surface area (Å²) in [5.74, 6) is 0.836. The summed E-state index contributed by atoms with van der Waals surface area (Å²) in [5.41, 5.74) is 3.28. The molecule has 2 aromatic heterocycles. The number of guanidine groups is 1. The average molecular weight is 463 g/mol. The molecule has 6 heteroatoms. The zero-order valence-corrected chi connectivity index (χ0v) is 17.6. The molecule has 0 spiro atoms. The maximum atomic E-state index is 4.69. The number of hydrogen-bond acceptors (Lipinski definition) is 2. The van der Waals surface area contributed by atoms with Gasteiger partial charge in [0.15, 0.2) is 5.96 Å². The Bertz CT molecular complexity index is 795. The van der Waals surface area contributed by atoms with Gasteiger partial charge in [0.2, 0.25) is 0 Å². The standard InChI is InChI=1S/C20H25N5.HI/c1-3-21-20(23-16(2)17-9-5-4-6-10-17)22-13-12-18-15-25-14-8-7-11-19(25)24-18;/h4-11,14-16H,3,12-13H2,1-2H3,(H2,21,22,23);1H. The molecule has 0 aliphatic rings. The van der Waals surface area contributed by atoms with Crippen molar-refractivity contribution >= 4 is 35.6 Å². The van der Waals surface area contributed by atoms with Gasteiger partial charge in [0.05, 0.1) is 11.7 Å². The van der Waals surface area contributed by atoms with Gasteiger partial charge in [0.1, 0.15) is 5.65 Å². The zero-order chi connectivity index (χ0) is 17.5. The van der Waals surface area contributed by atoms with Gasteiger partial charge in [0, 0.05) is 31.9 Å². The van der Waals surface area contributed by atoms with Crippen molar-refractivity contribution in [2.24, 2.45) is 4.99 Å². The highest BCUT2D eigenvalue weighted by Gasteiger charge is 2.07. The summed E-state index contributed by atoms with van der Waals surface area (Å²) in [6, 6.07) is 16.6. The van der Waals surface area contributed by atoms with Crippen LogP contribution in [0.4, 0.5) is 0 Å². The van der Waals surface area contributed by atoms with E-state index in [0.29, 0.717) is 6.54 Å². The molecular formula is C20H26IN5. The topological polar surface area (TPSA) is 53.7 Å². The van der Waals surface area contributed by atoms with E-state index in [4.69, 9.17) is 0 Å². The molecule has 26 heavy (non-hydrogen) atoms.